The van der Waals surface area contributed by atoms with Gasteiger partial charge in [-0.1, -0.05) is 17.7 Å². The molecule has 128 valence electrons. The summed E-state index contributed by atoms with van der Waals surface area (Å²) >= 11 is 6.14. The van der Waals surface area contributed by atoms with E-state index in [-0.39, 0.29) is 6.10 Å². The van der Waals surface area contributed by atoms with Crippen molar-refractivity contribution in [2.45, 2.75) is 26.1 Å². The number of rotatable bonds is 4. The van der Waals surface area contributed by atoms with Crippen LogP contribution in [0.1, 0.15) is 18.1 Å². The summed E-state index contributed by atoms with van der Waals surface area (Å²) in [6.07, 6.45) is 0.118. The molecule has 4 nitrogen and oxygen atoms in total. The second-order valence-electron chi connectivity index (χ2n) is 6.04. The Morgan fingerprint density at radius 1 is 1.12 bits per heavy atom. The van der Waals surface area contributed by atoms with Gasteiger partial charge in [0.05, 0.1) is 14.2 Å². The number of nitrogens with zero attached hydrogens (tertiary/aromatic N) is 1. The summed E-state index contributed by atoms with van der Waals surface area (Å²) in [5, 5.41) is 0.734. The highest BCUT2D eigenvalue weighted by atomic mass is 35.5. The van der Waals surface area contributed by atoms with E-state index in [0.717, 1.165) is 47.5 Å². The molecule has 1 heterocycles. The van der Waals surface area contributed by atoms with Gasteiger partial charge in [0.1, 0.15) is 11.9 Å². The van der Waals surface area contributed by atoms with E-state index in [0.29, 0.717) is 0 Å². The predicted octanol–water partition coefficient (Wildman–Crippen LogP) is 4.14. The van der Waals surface area contributed by atoms with Crippen molar-refractivity contribution in [2.75, 3.05) is 20.8 Å². The molecule has 3 rings (SSSR count). The maximum absolute atomic E-state index is 6.14. The van der Waals surface area contributed by atoms with E-state index >= 15 is 0 Å². The predicted molar refractivity (Wildman–Crippen MR) is 95.2 cm³/mol. The van der Waals surface area contributed by atoms with Crippen LogP contribution in [-0.2, 0) is 13.1 Å². The van der Waals surface area contributed by atoms with Crippen molar-refractivity contribution in [3.05, 3.63) is 52.5 Å². The minimum Gasteiger partial charge on any atom is -0.493 e. The number of methoxy groups -OCH3 is 2. The molecule has 0 radical (unpaired) electrons. The Bertz CT molecular complexity index is 720. The van der Waals surface area contributed by atoms with E-state index in [1.54, 1.807) is 14.2 Å². The van der Waals surface area contributed by atoms with E-state index < -0.39 is 0 Å². The Balaban J connectivity index is 1.82. The third-order valence-electron chi connectivity index (χ3n) is 4.11. The lowest BCUT2D eigenvalue weighted by Gasteiger charge is -2.22. The van der Waals surface area contributed by atoms with Crippen LogP contribution in [-0.4, -0.2) is 31.8 Å². The molecule has 0 bridgehead atoms. The summed E-state index contributed by atoms with van der Waals surface area (Å²) in [5.41, 5.74) is 2.29. The van der Waals surface area contributed by atoms with Crippen LogP contribution in [0.5, 0.6) is 17.2 Å². The van der Waals surface area contributed by atoms with Crippen LogP contribution < -0.4 is 14.2 Å². The third-order valence-corrected chi connectivity index (χ3v) is 4.35. The summed E-state index contributed by atoms with van der Waals surface area (Å²) in [7, 11) is 3.30. The largest absolute Gasteiger partial charge is 0.493 e. The van der Waals surface area contributed by atoms with E-state index in [1.807, 2.05) is 30.3 Å². The molecule has 0 N–H and O–H groups in total. The van der Waals surface area contributed by atoms with Gasteiger partial charge in [0.15, 0.2) is 11.5 Å². The molecule has 0 aromatic heterocycles. The topological polar surface area (TPSA) is 30.9 Å². The van der Waals surface area contributed by atoms with Gasteiger partial charge >= 0.3 is 0 Å². The summed E-state index contributed by atoms with van der Waals surface area (Å²) in [6.45, 7) is 4.54. The first-order valence-electron chi connectivity index (χ1n) is 7.97. The summed E-state index contributed by atoms with van der Waals surface area (Å²) in [4.78, 5) is 2.36. The van der Waals surface area contributed by atoms with Gasteiger partial charge in [-0.05, 0) is 42.8 Å². The van der Waals surface area contributed by atoms with Crippen LogP contribution in [0, 0.1) is 0 Å². The normalized spacial score (nSPS) is 17.6. The summed E-state index contributed by atoms with van der Waals surface area (Å²) < 4.78 is 16.7. The van der Waals surface area contributed by atoms with Gasteiger partial charge in [-0.25, -0.2) is 0 Å². The van der Waals surface area contributed by atoms with Crippen LogP contribution in [0.4, 0.5) is 0 Å². The number of halogens is 1. The van der Waals surface area contributed by atoms with Crippen molar-refractivity contribution in [1.29, 1.82) is 0 Å². The van der Waals surface area contributed by atoms with Crippen LogP contribution in [0.2, 0.25) is 5.02 Å². The highest BCUT2D eigenvalue weighted by molar-refractivity contribution is 6.30. The van der Waals surface area contributed by atoms with Crippen LogP contribution >= 0.6 is 11.6 Å². The monoisotopic (exact) mass is 347 g/mol. The van der Waals surface area contributed by atoms with Gasteiger partial charge in [-0.2, -0.15) is 0 Å². The standard InChI is InChI=1S/C19H22ClNO3/c1-13-10-21(12-15-9-16(20)5-7-17(15)24-13)11-14-4-6-18(22-2)19(8-14)23-3/h4-9,13H,10-12H2,1-3H3. The summed E-state index contributed by atoms with van der Waals surface area (Å²) in [5.74, 6) is 2.41. The highest BCUT2D eigenvalue weighted by Crippen LogP contribution is 2.31. The van der Waals surface area contributed by atoms with E-state index in [4.69, 9.17) is 25.8 Å². The van der Waals surface area contributed by atoms with Crippen molar-refractivity contribution in [3.63, 3.8) is 0 Å². The van der Waals surface area contributed by atoms with Crippen LogP contribution in [0.15, 0.2) is 36.4 Å². The lowest BCUT2D eigenvalue weighted by atomic mass is 10.1. The van der Waals surface area contributed by atoms with Crippen molar-refractivity contribution in [2.24, 2.45) is 0 Å². The fraction of sp³-hybridized carbons (Fsp3) is 0.368. The average molecular weight is 348 g/mol. The van der Waals surface area contributed by atoms with E-state index in [2.05, 4.69) is 17.9 Å². The molecule has 0 aliphatic carbocycles. The van der Waals surface area contributed by atoms with Crippen molar-refractivity contribution < 1.29 is 14.2 Å². The van der Waals surface area contributed by atoms with Gasteiger partial charge in [0, 0.05) is 30.2 Å². The number of fused-ring (bicyclic) bond motifs is 1. The smallest absolute Gasteiger partial charge is 0.161 e. The second-order valence-corrected chi connectivity index (χ2v) is 6.48. The quantitative estimate of drug-likeness (QED) is 0.831. The minimum atomic E-state index is 0.118. The molecule has 24 heavy (non-hydrogen) atoms. The Morgan fingerprint density at radius 2 is 1.92 bits per heavy atom. The zero-order valence-electron chi connectivity index (χ0n) is 14.2. The van der Waals surface area contributed by atoms with E-state index in [9.17, 15) is 0 Å². The fourth-order valence-electron chi connectivity index (χ4n) is 3.07. The Kier molecular flexibility index (Phi) is 5.17. The SMILES string of the molecule is COc1ccc(CN2Cc3cc(Cl)ccc3OC(C)C2)cc1OC. The Labute approximate surface area is 147 Å². The van der Waals surface area contributed by atoms with Gasteiger partial charge in [0.2, 0.25) is 0 Å². The van der Waals surface area contributed by atoms with Crippen LogP contribution in [0.3, 0.4) is 0 Å². The van der Waals surface area contributed by atoms with Gasteiger partial charge in [-0.3, -0.25) is 4.90 Å². The van der Waals surface area contributed by atoms with Gasteiger partial charge in [-0.15, -0.1) is 0 Å². The molecule has 0 spiro atoms. The molecule has 1 aliphatic rings. The highest BCUT2D eigenvalue weighted by Gasteiger charge is 2.21. The molecule has 1 atom stereocenters. The second kappa shape index (κ2) is 7.32. The lowest BCUT2D eigenvalue weighted by molar-refractivity contribution is 0.156. The molecule has 5 heteroatoms. The van der Waals surface area contributed by atoms with Crippen LogP contribution in [0.25, 0.3) is 0 Å². The van der Waals surface area contributed by atoms with Crippen molar-refractivity contribution in [3.8, 4) is 17.2 Å². The fourth-order valence-corrected chi connectivity index (χ4v) is 3.26. The van der Waals surface area contributed by atoms with Crippen molar-refractivity contribution >= 4 is 11.6 Å². The molecular weight excluding hydrogens is 326 g/mol. The molecule has 0 saturated heterocycles. The zero-order chi connectivity index (χ0) is 17.1. The average Bonchev–Trinajstić information content (AvgIpc) is 2.71. The molecule has 1 unspecified atom stereocenters. The molecule has 2 aromatic carbocycles. The number of benzene rings is 2. The molecule has 0 saturated carbocycles. The molecule has 0 amide bonds. The lowest BCUT2D eigenvalue weighted by Crippen LogP contribution is -2.30. The van der Waals surface area contributed by atoms with Gasteiger partial charge in [0.25, 0.3) is 0 Å². The molecule has 0 fully saturated rings. The Morgan fingerprint density at radius 3 is 2.67 bits per heavy atom. The first kappa shape index (κ1) is 16.9. The Hall–Kier alpha value is -1.91. The number of ether oxygens (including phenoxy) is 3. The first-order valence-corrected chi connectivity index (χ1v) is 8.35. The third kappa shape index (κ3) is 3.77. The minimum absolute atomic E-state index is 0.118. The maximum Gasteiger partial charge on any atom is 0.161 e. The molecule has 2 aromatic rings. The molecule has 1 aliphatic heterocycles. The van der Waals surface area contributed by atoms with E-state index in [1.165, 1.54) is 5.56 Å². The van der Waals surface area contributed by atoms with Crippen molar-refractivity contribution in [1.82, 2.24) is 4.90 Å². The molecular formula is C19H22ClNO3. The number of hydrogen-bond acceptors (Lipinski definition) is 4. The number of hydrogen-bond donors (Lipinski definition) is 0. The maximum atomic E-state index is 6.14. The summed E-state index contributed by atoms with van der Waals surface area (Å²) in [6, 6.07) is 11.8. The van der Waals surface area contributed by atoms with Gasteiger partial charge < -0.3 is 14.2 Å². The zero-order valence-corrected chi connectivity index (χ0v) is 15.0. The first-order chi connectivity index (χ1) is 11.6.